The van der Waals surface area contributed by atoms with Gasteiger partial charge in [0.2, 0.25) is 5.91 Å². The number of nitrogens with one attached hydrogen (secondary N) is 1. The SMILES string of the molecule is COc1ccccc1CNC(=O)CSc1nccn1-c1cccc(F)c1. The van der Waals surface area contributed by atoms with E-state index < -0.39 is 0 Å². The van der Waals surface area contributed by atoms with E-state index >= 15 is 0 Å². The quantitative estimate of drug-likeness (QED) is 0.647. The second kappa shape index (κ2) is 8.53. The van der Waals surface area contributed by atoms with Crippen molar-refractivity contribution in [2.24, 2.45) is 0 Å². The minimum Gasteiger partial charge on any atom is -0.496 e. The van der Waals surface area contributed by atoms with Crippen molar-refractivity contribution in [1.29, 1.82) is 0 Å². The zero-order valence-corrected chi connectivity index (χ0v) is 15.0. The Bertz CT molecular complexity index is 898. The van der Waals surface area contributed by atoms with Gasteiger partial charge in [-0.3, -0.25) is 9.36 Å². The molecule has 1 heterocycles. The van der Waals surface area contributed by atoms with E-state index in [1.807, 2.05) is 24.3 Å². The number of carbonyl (C=O) groups excluding carboxylic acids is 1. The predicted molar refractivity (Wildman–Crippen MR) is 99.1 cm³/mol. The lowest BCUT2D eigenvalue weighted by molar-refractivity contribution is -0.118. The zero-order chi connectivity index (χ0) is 18.4. The van der Waals surface area contributed by atoms with Gasteiger partial charge in [0.25, 0.3) is 0 Å². The Labute approximate surface area is 155 Å². The van der Waals surface area contributed by atoms with E-state index in [1.165, 1.54) is 23.9 Å². The van der Waals surface area contributed by atoms with E-state index in [-0.39, 0.29) is 17.5 Å². The normalized spacial score (nSPS) is 10.5. The molecule has 1 N–H and O–H groups in total. The van der Waals surface area contributed by atoms with Crippen LogP contribution in [0.4, 0.5) is 4.39 Å². The summed E-state index contributed by atoms with van der Waals surface area (Å²) in [7, 11) is 1.60. The summed E-state index contributed by atoms with van der Waals surface area (Å²) in [5.74, 6) is 0.514. The smallest absolute Gasteiger partial charge is 0.230 e. The average molecular weight is 371 g/mol. The average Bonchev–Trinajstić information content (AvgIpc) is 3.13. The topological polar surface area (TPSA) is 56.1 Å². The van der Waals surface area contributed by atoms with E-state index in [9.17, 15) is 9.18 Å². The summed E-state index contributed by atoms with van der Waals surface area (Å²) in [5, 5.41) is 3.50. The van der Waals surface area contributed by atoms with Crippen molar-refractivity contribution in [3.05, 3.63) is 72.3 Å². The van der Waals surface area contributed by atoms with Crippen LogP contribution in [-0.2, 0) is 11.3 Å². The number of benzene rings is 2. The molecule has 7 heteroatoms. The molecule has 0 fully saturated rings. The molecule has 0 saturated heterocycles. The van der Waals surface area contributed by atoms with Crippen LogP contribution in [0, 0.1) is 5.82 Å². The molecular weight excluding hydrogens is 353 g/mol. The van der Waals surface area contributed by atoms with Gasteiger partial charge in [-0.1, -0.05) is 36.0 Å². The number of nitrogens with zero attached hydrogens (tertiary/aromatic N) is 2. The van der Waals surface area contributed by atoms with Gasteiger partial charge in [0, 0.05) is 24.5 Å². The fraction of sp³-hybridized carbons (Fsp3) is 0.158. The molecule has 26 heavy (non-hydrogen) atoms. The van der Waals surface area contributed by atoms with Crippen LogP contribution in [0.25, 0.3) is 5.69 Å². The van der Waals surface area contributed by atoms with Crippen molar-refractivity contribution in [3.8, 4) is 11.4 Å². The highest BCUT2D eigenvalue weighted by Gasteiger charge is 2.10. The number of rotatable bonds is 7. The Hall–Kier alpha value is -2.80. The first-order valence-electron chi connectivity index (χ1n) is 7.98. The number of aromatic nitrogens is 2. The fourth-order valence-electron chi connectivity index (χ4n) is 2.44. The lowest BCUT2D eigenvalue weighted by atomic mass is 10.2. The first-order valence-corrected chi connectivity index (χ1v) is 8.96. The van der Waals surface area contributed by atoms with Crippen LogP contribution in [-0.4, -0.2) is 28.3 Å². The lowest BCUT2D eigenvalue weighted by Gasteiger charge is -2.10. The molecular formula is C19H18FN3O2S. The third kappa shape index (κ3) is 4.43. The van der Waals surface area contributed by atoms with Crippen LogP contribution >= 0.6 is 11.8 Å². The largest absolute Gasteiger partial charge is 0.496 e. The van der Waals surface area contributed by atoms with Crippen molar-refractivity contribution in [1.82, 2.24) is 14.9 Å². The van der Waals surface area contributed by atoms with Crippen molar-refractivity contribution < 1.29 is 13.9 Å². The monoisotopic (exact) mass is 371 g/mol. The van der Waals surface area contributed by atoms with E-state index in [4.69, 9.17) is 4.74 Å². The van der Waals surface area contributed by atoms with Gasteiger partial charge < -0.3 is 10.1 Å². The van der Waals surface area contributed by atoms with Gasteiger partial charge in [0.05, 0.1) is 18.6 Å². The highest BCUT2D eigenvalue weighted by Crippen LogP contribution is 2.21. The highest BCUT2D eigenvalue weighted by atomic mass is 32.2. The second-order valence-electron chi connectivity index (χ2n) is 5.44. The molecule has 0 saturated carbocycles. The van der Waals surface area contributed by atoms with E-state index in [0.717, 1.165) is 11.3 Å². The predicted octanol–water partition coefficient (Wildman–Crippen LogP) is 3.43. The molecule has 0 spiro atoms. The van der Waals surface area contributed by atoms with Gasteiger partial charge in [-0.15, -0.1) is 0 Å². The van der Waals surface area contributed by atoms with Crippen LogP contribution < -0.4 is 10.1 Å². The zero-order valence-electron chi connectivity index (χ0n) is 14.2. The van der Waals surface area contributed by atoms with Gasteiger partial charge in [-0.05, 0) is 24.3 Å². The number of imidazole rings is 1. The Kier molecular flexibility index (Phi) is 5.91. The minimum absolute atomic E-state index is 0.116. The summed E-state index contributed by atoms with van der Waals surface area (Å²) in [6.45, 7) is 0.391. The molecule has 0 radical (unpaired) electrons. The number of para-hydroxylation sites is 1. The molecule has 0 aliphatic carbocycles. The van der Waals surface area contributed by atoms with Gasteiger partial charge >= 0.3 is 0 Å². The summed E-state index contributed by atoms with van der Waals surface area (Å²) < 4.78 is 20.4. The van der Waals surface area contributed by atoms with E-state index in [0.29, 0.717) is 17.4 Å². The molecule has 3 aromatic rings. The highest BCUT2D eigenvalue weighted by molar-refractivity contribution is 7.99. The van der Waals surface area contributed by atoms with Crippen LogP contribution in [0.15, 0.2) is 66.1 Å². The Morgan fingerprint density at radius 2 is 2.12 bits per heavy atom. The van der Waals surface area contributed by atoms with Crippen molar-refractivity contribution in [2.45, 2.75) is 11.7 Å². The van der Waals surface area contributed by atoms with Gasteiger partial charge in [-0.2, -0.15) is 0 Å². The maximum absolute atomic E-state index is 13.4. The van der Waals surface area contributed by atoms with Crippen molar-refractivity contribution in [2.75, 3.05) is 12.9 Å². The fourth-order valence-corrected chi connectivity index (χ4v) is 3.25. The molecule has 2 aromatic carbocycles. The number of halogens is 1. The maximum atomic E-state index is 13.4. The van der Waals surface area contributed by atoms with Crippen molar-refractivity contribution >= 4 is 17.7 Å². The van der Waals surface area contributed by atoms with Crippen LogP contribution in [0.2, 0.25) is 0 Å². The molecule has 0 aliphatic heterocycles. The molecule has 1 amide bonds. The number of methoxy groups -OCH3 is 1. The summed E-state index contributed by atoms with van der Waals surface area (Å²) in [6, 6.07) is 13.8. The standard InChI is InChI=1S/C19H18FN3O2S/c1-25-17-8-3-2-5-14(17)12-22-18(24)13-26-19-21-9-10-23(19)16-7-4-6-15(20)11-16/h2-11H,12-13H2,1H3,(H,22,24). The first kappa shape index (κ1) is 18.0. The van der Waals surface area contributed by atoms with Crippen LogP contribution in [0.5, 0.6) is 5.75 Å². The summed E-state index contributed by atoms with van der Waals surface area (Å²) >= 11 is 1.29. The third-order valence-electron chi connectivity index (χ3n) is 3.69. The molecule has 0 unspecified atom stereocenters. The number of ether oxygens (including phenoxy) is 1. The number of thioether (sulfide) groups is 1. The van der Waals surface area contributed by atoms with Gasteiger partial charge in [0.1, 0.15) is 11.6 Å². The molecule has 134 valence electrons. The molecule has 0 bridgehead atoms. The minimum atomic E-state index is -0.318. The Morgan fingerprint density at radius 1 is 1.27 bits per heavy atom. The summed E-state index contributed by atoms with van der Waals surface area (Å²) in [5.41, 5.74) is 1.58. The van der Waals surface area contributed by atoms with Crippen LogP contribution in [0.3, 0.4) is 0 Å². The number of hydrogen-bond acceptors (Lipinski definition) is 4. The molecule has 0 aliphatic rings. The van der Waals surface area contributed by atoms with Gasteiger partial charge in [0.15, 0.2) is 5.16 Å². The Balaban J connectivity index is 1.58. The van der Waals surface area contributed by atoms with Gasteiger partial charge in [-0.25, -0.2) is 9.37 Å². The van der Waals surface area contributed by atoms with Crippen molar-refractivity contribution in [3.63, 3.8) is 0 Å². The molecule has 0 atom stereocenters. The summed E-state index contributed by atoms with van der Waals surface area (Å²) in [6.07, 6.45) is 3.36. The van der Waals surface area contributed by atoms with Crippen LogP contribution in [0.1, 0.15) is 5.56 Å². The first-order chi connectivity index (χ1) is 12.7. The van der Waals surface area contributed by atoms with E-state index in [1.54, 1.807) is 36.2 Å². The molecule has 1 aromatic heterocycles. The summed E-state index contributed by atoms with van der Waals surface area (Å²) in [4.78, 5) is 16.4. The molecule has 3 rings (SSSR count). The number of amides is 1. The third-order valence-corrected chi connectivity index (χ3v) is 4.66. The maximum Gasteiger partial charge on any atom is 0.230 e. The second-order valence-corrected chi connectivity index (χ2v) is 6.38. The van der Waals surface area contributed by atoms with E-state index in [2.05, 4.69) is 10.3 Å². The molecule has 5 nitrogen and oxygen atoms in total. The Morgan fingerprint density at radius 3 is 2.92 bits per heavy atom. The lowest BCUT2D eigenvalue weighted by Crippen LogP contribution is -2.25. The number of hydrogen-bond donors (Lipinski definition) is 1. The number of carbonyl (C=O) groups is 1.